The van der Waals surface area contributed by atoms with Crippen molar-refractivity contribution in [3.8, 4) is 28.3 Å². The molecule has 268 valence electrons. The van der Waals surface area contributed by atoms with E-state index in [0.29, 0.717) is 11.8 Å². The Morgan fingerprint density at radius 1 is 0.582 bits per heavy atom. The molecule has 0 unspecified atom stereocenters. The van der Waals surface area contributed by atoms with Gasteiger partial charge in [0.1, 0.15) is 11.5 Å². The molecule has 6 aromatic carbocycles. The van der Waals surface area contributed by atoms with Gasteiger partial charge in [-0.1, -0.05) is 88.4 Å². The lowest BCUT2D eigenvalue weighted by Crippen LogP contribution is -2.59. The first-order valence-electron chi connectivity index (χ1n) is 19.3. The van der Waals surface area contributed by atoms with Crippen LogP contribution in [-0.2, 0) is 0 Å². The number of nitrogens with zero attached hydrogens (tertiary/aromatic N) is 5. The summed E-state index contributed by atoms with van der Waals surface area (Å²) in [7, 11) is 0. The first-order chi connectivity index (χ1) is 26.9. The van der Waals surface area contributed by atoms with E-state index in [1.807, 2.05) is 6.20 Å². The first-order valence-corrected chi connectivity index (χ1v) is 19.3. The van der Waals surface area contributed by atoms with Crippen molar-refractivity contribution < 1.29 is 4.74 Å². The standard InChI is InChI=1S/C48H42BN5O/c1-32(2)39-17-11-18-40(33(3)4)47(39)34-29-50-53(30-34)38-21-23-43-41(28-38)49-42-27-37(52-26-25-51(31-52)35-13-7-5-8-14-35)22-24-45(42)55-46-20-12-19-44(48(46)49)54(43)36-15-9-6-10-16-36/h5-30,32-33H,31H2,1-4H3. The lowest BCUT2D eigenvalue weighted by molar-refractivity contribution is 0.487. The van der Waals surface area contributed by atoms with Gasteiger partial charge in [-0.05, 0) is 118 Å². The number of para-hydroxylation sites is 2. The molecule has 3 aliphatic rings. The normalized spacial score (nSPS) is 14.0. The van der Waals surface area contributed by atoms with Crippen LogP contribution in [0.25, 0.3) is 16.8 Å². The van der Waals surface area contributed by atoms with Gasteiger partial charge in [0.2, 0.25) is 0 Å². The Labute approximate surface area is 323 Å². The van der Waals surface area contributed by atoms with Gasteiger partial charge in [-0.2, -0.15) is 5.10 Å². The van der Waals surface area contributed by atoms with Crippen molar-refractivity contribution in [2.75, 3.05) is 21.4 Å². The van der Waals surface area contributed by atoms with Gasteiger partial charge in [0, 0.05) is 52.6 Å². The van der Waals surface area contributed by atoms with Crippen LogP contribution in [0, 0.1) is 0 Å². The highest BCUT2D eigenvalue weighted by Crippen LogP contribution is 2.42. The van der Waals surface area contributed by atoms with Gasteiger partial charge in [-0.25, -0.2) is 4.68 Å². The highest BCUT2D eigenvalue weighted by Gasteiger charge is 2.42. The van der Waals surface area contributed by atoms with Crippen LogP contribution in [0.2, 0.25) is 0 Å². The lowest BCUT2D eigenvalue weighted by Gasteiger charge is -2.40. The van der Waals surface area contributed by atoms with E-state index in [1.54, 1.807) is 0 Å². The summed E-state index contributed by atoms with van der Waals surface area (Å²) >= 11 is 0. The van der Waals surface area contributed by atoms with Gasteiger partial charge in [0.25, 0.3) is 6.71 Å². The molecular weight excluding hydrogens is 673 g/mol. The second-order valence-electron chi connectivity index (χ2n) is 15.4. The second-order valence-corrected chi connectivity index (χ2v) is 15.4. The smallest absolute Gasteiger partial charge is 0.256 e. The van der Waals surface area contributed by atoms with Gasteiger partial charge in [0.15, 0.2) is 0 Å². The van der Waals surface area contributed by atoms with E-state index in [-0.39, 0.29) is 6.71 Å². The number of benzene rings is 6. The van der Waals surface area contributed by atoms with Crippen molar-refractivity contribution in [3.05, 3.63) is 169 Å². The lowest BCUT2D eigenvalue weighted by atomic mass is 9.34. The summed E-state index contributed by atoms with van der Waals surface area (Å²) in [6.45, 7) is 9.79. The molecule has 0 radical (unpaired) electrons. The van der Waals surface area contributed by atoms with Gasteiger partial charge in [-0.3, -0.25) is 0 Å². The Bertz CT molecular complexity index is 2570. The molecule has 3 aliphatic heterocycles. The topological polar surface area (TPSA) is 36.8 Å². The zero-order valence-corrected chi connectivity index (χ0v) is 31.6. The van der Waals surface area contributed by atoms with Crippen LogP contribution in [-0.4, -0.2) is 23.2 Å². The Kier molecular flexibility index (Phi) is 7.91. The Morgan fingerprint density at radius 3 is 1.96 bits per heavy atom. The molecule has 6 nitrogen and oxygen atoms in total. The molecule has 0 saturated heterocycles. The average molecular weight is 716 g/mol. The summed E-state index contributed by atoms with van der Waals surface area (Å²) < 4.78 is 8.82. The Morgan fingerprint density at radius 2 is 1.24 bits per heavy atom. The number of aromatic nitrogens is 2. The third kappa shape index (κ3) is 5.53. The number of hydrogen-bond donors (Lipinski definition) is 0. The molecule has 7 aromatic rings. The second kappa shape index (κ2) is 13.1. The van der Waals surface area contributed by atoms with Crippen LogP contribution < -0.4 is 35.8 Å². The molecule has 0 fully saturated rings. The third-order valence-corrected chi connectivity index (χ3v) is 11.3. The number of hydrogen-bond acceptors (Lipinski definition) is 5. The van der Waals surface area contributed by atoms with Crippen molar-refractivity contribution in [2.24, 2.45) is 0 Å². The van der Waals surface area contributed by atoms with Crippen LogP contribution >= 0.6 is 0 Å². The zero-order chi connectivity index (χ0) is 37.2. The Hall–Kier alpha value is -6.47. The molecule has 1 aromatic heterocycles. The monoisotopic (exact) mass is 715 g/mol. The van der Waals surface area contributed by atoms with Crippen molar-refractivity contribution in [1.82, 2.24) is 9.78 Å². The molecule has 55 heavy (non-hydrogen) atoms. The van der Waals surface area contributed by atoms with Gasteiger partial charge in [-0.15, -0.1) is 0 Å². The molecule has 0 aliphatic carbocycles. The maximum Gasteiger partial charge on any atom is 0.256 e. The highest BCUT2D eigenvalue weighted by atomic mass is 16.5. The van der Waals surface area contributed by atoms with Crippen LogP contribution in [0.15, 0.2) is 158 Å². The number of anilines is 5. The van der Waals surface area contributed by atoms with Gasteiger partial charge in [0.05, 0.1) is 18.6 Å². The molecule has 0 N–H and O–H groups in total. The molecule has 10 rings (SSSR count). The van der Waals surface area contributed by atoms with E-state index in [1.165, 1.54) is 33.3 Å². The molecule has 0 amide bonds. The van der Waals surface area contributed by atoms with Gasteiger partial charge >= 0.3 is 0 Å². The fourth-order valence-corrected chi connectivity index (χ4v) is 8.69. The number of rotatable bonds is 7. The number of ether oxygens (including phenoxy) is 1. The van der Waals surface area contributed by atoms with E-state index in [0.717, 1.165) is 57.6 Å². The minimum absolute atomic E-state index is 0.0501. The summed E-state index contributed by atoms with van der Waals surface area (Å²) in [5, 5.41) is 5.02. The largest absolute Gasteiger partial charge is 0.458 e. The van der Waals surface area contributed by atoms with E-state index in [4.69, 9.17) is 9.84 Å². The molecular formula is C48H42BN5O. The highest BCUT2D eigenvalue weighted by molar-refractivity contribution is 6.99. The molecule has 4 heterocycles. The maximum atomic E-state index is 6.77. The molecule has 7 heteroatoms. The van der Waals surface area contributed by atoms with Crippen LogP contribution in [0.4, 0.5) is 28.4 Å². The minimum atomic E-state index is -0.0501. The Balaban J connectivity index is 1.11. The number of fused-ring (bicyclic) bond motifs is 4. The maximum absolute atomic E-state index is 6.77. The molecule has 0 saturated carbocycles. The van der Waals surface area contributed by atoms with E-state index in [9.17, 15) is 0 Å². The summed E-state index contributed by atoms with van der Waals surface area (Å²) in [5.74, 6) is 2.58. The third-order valence-electron chi connectivity index (χ3n) is 11.3. The summed E-state index contributed by atoms with van der Waals surface area (Å²) in [6, 6.07) is 47.8. The van der Waals surface area contributed by atoms with Crippen LogP contribution in [0.5, 0.6) is 11.5 Å². The summed E-state index contributed by atoms with van der Waals surface area (Å²) in [6.07, 6.45) is 8.56. The van der Waals surface area contributed by atoms with E-state index < -0.39 is 0 Å². The average Bonchev–Trinajstić information content (AvgIpc) is 3.92. The molecule has 0 bridgehead atoms. The summed E-state index contributed by atoms with van der Waals surface area (Å²) in [4.78, 5) is 6.96. The van der Waals surface area contributed by atoms with Gasteiger partial charge < -0.3 is 19.4 Å². The van der Waals surface area contributed by atoms with Crippen LogP contribution in [0.1, 0.15) is 50.7 Å². The van der Waals surface area contributed by atoms with E-state index >= 15 is 0 Å². The SMILES string of the molecule is CC(C)c1cccc(C(C)C)c1-c1cnn(-c2ccc3c(c2)B2c4cc(N5C=CN(c6ccccc6)C5)ccc4Oc4cccc(c42)N3c2ccccc2)c1. The fraction of sp³-hybridized carbons (Fsp3) is 0.146. The summed E-state index contributed by atoms with van der Waals surface area (Å²) in [5.41, 5.74) is 15.4. The van der Waals surface area contributed by atoms with Crippen molar-refractivity contribution in [1.29, 1.82) is 0 Å². The molecule has 0 spiro atoms. The predicted octanol–water partition coefficient (Wildman–Crippen LogP) is 9.95. The first kappa shape index (κ1) is 33.1. The van der Waals surface area contributed by atoms with Crippen molar-refractivity contribution in [3.63, 3.8) is 0 Å². The predicted molar refractivity (Wildman–Crippen MR) is 228 cm³/mol. The quantitative estimate of drug-likeness (QED) is 0.154. The van der Waals surface area contributed by atoms with Crippen molar-refractivity contribution >= 4 is 51.5 Å². The fourth-order valence-electron chi connectivity index (χ4n) is 8.69. The van der Waals surface area contributed by atoms with E-state index in [2.05, 4.69) is 199 Å². The van der Waals surface area contributed by atoms with Crippen molar-refractivity contribution in [2.45, 2.75) is 39.5 Å². The molecule has 0 atom stereocenters. The minimum Gasteiger partial charge on any atom is -0.458 e. The zero-order valence-electron chi connectivity index (χ0n) is 31.6. The van der Waals surface area contributed by atoms with Crippen LogP contribution in [0.3, 0.4) is 0 Å².